The Labute approximate surface area is 131 Å². The number of aliphatic hydroxyl groups is 1. The molecule has 0 saturated carbocycles. The van der Waals surface area contributed by atoms with Crippen molar-refractivity contribution in [3.05, 3.63) is 54.1 Å². The maximum Gasteiger partial charge on any atom is 0.120 e. The molecule has 2 unspecified atom stereocenters. The summed E-state index contributed by atoms with van der Waals surface area (Å²) in [6.45, 7) is 6.39. The van der Waals surface area contributed by atoms with Crippen LogP contribution in [0.5, 0.6) is 5.75 Å². The van der Waals surface area contributed by atoms with E-state index in [0.717, 1.165) is 17.0 Å². The summed E-state index contributed by atoms with van der Waals surface area (Å²) in [5.74, 6) is 0.772. The Morgan fingerprint density at radius 3 is 2.73 bits per heavy atom. The highest BCUT2D eigenvalue weighted by atomic mass is 16.5. The van der Waals surface area contributed by atoms with Crippen LogP contribution in [0, 0.1) is 0 Å². The van der Waals surface area contributed by atoms with Crippen molar-refractivity contribution in [3.63, 3.8) is 0 Å². The lowest BCUT2D eigenvalue weighted by Crippen LogP contribution is -2.25. The third kappa shape index (κ3) is 4.79. The molecule has 0 aliphatic rings. The molecule has 0 aliphatic carbocycles. The second-order valence-corrected chi connectivity index (χ2v) is 5.52. The number of nitrogens with one attached hydrogen (secondary N) is 1. The first-order chi connectivity index (χ1) is 10.6. The molecule has 1 heterocycles. The van der Waals surface area contributed by atoms with Crippen molar-refractivity contribution < 1.29 is 9.84 Å². The van der Waals surface area contributed by atoms with Gasteiger partial charge in [-0.05, 0) is 38.5 Å². The Kier molecular flexibility index (Phi) is 5.86. The van der Waals surface area contributed by atoms with E-state index < -0.39 is 6.10 Å². The summed E-state index contributed by atoms with van der Waals surface area (Å²) in [7, 11) is 0. The molecule has 118 valence electrons. The van der Waals surface area contributed by atoms with Crippen molar-refractivity contribution in [2.45, 2.75) is 39.0 Å². The molecule has 0 amide bonds. The second kappa shape index (κ2) is 7.87. The van der Waals surface area contributed by atoms with E-state index >= 15 is 0 Å². The number of rotatable bonds is 7. The summed E-state index contributed by atoms with van der Waals surface area (Å²) < 4.78 is 5.65. The molecule has 0 fully saturated rings. The SMILES string of the molecule is CC(C)Oc1cccc(C(O)CNC(C)c2cnccn2)c1. The van der Waals surface area contributed by atoms with E-state index in [1.807, 2.05) is 45.0 Å². The molecular weight excluding hydrogens is 278 g/mol. The van der Waals surface area contributed by atoms with Crippen molar-refractivity contribution in [3.8, 4) is 5.75 Å². The van der Waals surface area contributed by atoms with Crippen LogP contribution in [0.1, 0.15) is 44.2 Å². The maximum absolute atomic E-state index is 10.3. The van der Waals surface area contributed by atoms with E-state index in [4.69, 9.17) is 4.74 Å². The predicted octanol–water partition coefficient (Wildman–Crippen LogP) is 2.65. The van der Waals surface area contributed by atoms with Gasteiger partial charge in [0.05, 0.1) is 17.9 Å². The number of hydrogen-bond acceptors (Lipinski definition) is 5. The summed E-state index contributed by atoms with van der Waals surface area (Å²) >= 11 is 0. The van der Waals surface area contributed by atoms with Crippen LogP contribution >= 0.6 is 0 Å². The minimum atomic E-state index is -0.602. The third-order valence-corrected chi connectivity index (χ3v) is 3.26. The summed E-state index contributed by atoms with van der Waals surface area (Å²) in [5.41, 5.74) is 1.68. The number of nitrogens with zero attached hydrogens (tertiary/aromatic N) is 2. The van der Waals surface area contributed by atoms with Gasteiger partial charge in [-0.15, -0.1) is 0 Å². The molecular formula is C17H23N3O2. The summed E-state index contributed by atoms with van der Waals surface area (Å²) in [6.07, 6.45) is 4.54. The average molecular weight is 301 g/mol. The molecule has 0 bridgehead atoms. The van der Waals surface area contributed by atoms with Crippen LogP contribution in [-0.2, 0) is 0 Å². The first kappa shape index (κ1) is 16.4. The minimum absolute atomic E-state index is 0.0263. The highest BCUT2D eigenvalue weighted by molar-refractivity contribution is 5.30. The van der Waals surface area contributed by atoms with Gasteiger partial charge in [-0.2, -0.15) is 0 Å². The summed E-state index contributed by atoms with van der Waals surface area (Å²) in [5, 5.41) is 13.6. The zero-order chi connectivity index (χ0) is 15.9. The zero-order valence-electron chi connectivity index (χ0n) is 13.2. The zero-order valence-corrected chi connectivity index (χ0v) is 13.2. The quantitative estimate of drug-likeness (QED) is 0.823. The minimum Gasteiger partial charge on any atom is -0.491 e. The van der Waals surface area contributed by atoms with Gasteiger partial charge in [0.1, 0.15) is 5.75 Å². The molecule has 0 radical (unpaired) electrons. The molecule has 5 heteroatoms. The molecule has 0 aliphatic heterocycles. The van der Waals surface area contributed by atoms with Gasteiger partial charge >= 0.3 is 0 Å². The van der Waals surface area contributed by atoms with Crippen LogP contribution in [0.15, 0.2) is 42.9 Å². The van der Waals surface area contributed by atoms with Crippen molar-refractivity contribution >= 4 is 0 Å². The number of aliphatic hydroxyl groups excluding tert-OH is 1. The predicted molar refractivity (Wildman–Crippen MR) is 85.6 cm³/mol. The van der Waals surface area contributed by atoms with Gasteiger partial charge in [0.2, 0.25) is 0 Å². The van der Waals surface area contributed by atoms with Crippen LogP contribution in [0.4, 0.5) is 0 Å². The van der Waals surface area contributed by atoms with Crippen LogP contribution in [0.25, 0.3) is 0 Å². The van der Waals surface area contributed by atoms with Crippen LogP contribution < -0.4 is 10.1 Å². The van der Waals surface area contributed by atoms with Crippen LogP contribution in [-0.4, -0.2) is 27.7 Å². The molecule has 5 nitrogen and oxygen atoms in total. The lowest BCUT2D eigenvalue weighted by Gasteiger charge is -2.18. The molecule has 0 spiro atoms. The fraction of sp³-hybridized carbons (Fsp3) is 0.412. The van der Waals surface area contributed by atoms with Gasteiger partial charge in [0, 0.05) is 31.2 Å². The van der Waals surface area contributed by atoms with Gasteiger partial charge in [-0.25, -0.2) is 0 Å². The van der Waals surface area contributed by atoms with Crippen LogP contribution in [0.3, 0.4) is 0 Å². The molecule has 2 atom stereocenters. The fourth-order valence-corrected chi connectivity index (χ4v) is 2.11. The number of benzene rings is 1. The van der Waals surface area contributed by atoms with Crippen molar-refractivity contribution in [2.24, 2.45) is 0 Å². The van der Waals surface area contributed by atoms with Crippen molar-refractivity contribution in [1.82, 2.24) is 15.3 Å². The average Bonchev–Trinajstić information content (AvgIpc) is 2.52. The van der Waals surface area contributed by atoms with E-state index in [1.165, 1.54) is 0 Å². The van der Waals surface area contributed by atoms with E-state index in [2.05, 4.69) is 15.3 Å². The third-order valence-electron chi connectivity index (χ3n) is 3.26. The maximum atomic E-state index is 10.3. The summed E-state index contributed by atoms with van der Waals surface area (Å²) in [4.78, 5) is 8.30. The number of hydrogen-bond donors (Lipinski definition) is 2. The monoisotopic (exact) mass is 301 g/mol. The van der Waals surface area contributed by atoms with Gasteiger partial charge in [-0.3, -0.25) is 9.97 Å². The van der Waals surface area contributed by atoms with E-state index in [0.29, 0.717) is 6.54 Å². The van der Waals surface area contributed by atoms with Gasteiger partial charge in [-0.1, -0.05) is 12.1 Å². The largest absolute Gasteiger partial charge is 0.491 e. The Bertz CT molecular complexity index is 575. The molecule has 2 aromatic rings. The lowest BCUT2D eigenvalue weighted by atomic mass is 10.1. The van der Waals surface area contributed by atoms with Gasteiger partial charge in [0.25, 0.3) is 0 Å². The first-order valence-electron chi connectivity index (χ1n) is 7.50. The molecule has 1 aromatic carbocycles. The molecule has 1 aromatic heterocycles. The first-order valence-corrected chi connectivity index (χ1v) is 7.50. The second-order valence-electron chi connectivity index (χ2n) is 5.52. The van der Waals surface area contributed by atoms with Gasteiger partial charge in [0.15, 0.2) is 0 Å². The Hall–Kier alpha value is -1.98. The lowest BCUT2D eigenvalue weighted by molar-refractivity contribution is 0.169. The topological polar surface area (TPSA) is 67.3 Å². The van der Waals surface area contributed by atoms with E-state index in [1.54, 1.807) is 18.6 Å². The smallest absolute Gasteiger partial charge is 0.120 e. The molecule has 22 heavy (non-hydrogen) atoms. The normalized spacial score (nSPS) is 13.9. The summed E-state index contributed by atoms with van der Waals surface area (Å²) in [6, 6.07) is 7.58. The number of ether oxygens (including phenoxy) is 1. The molecule has 2 rings (SSSR count). The highest BCUT2D eigenvalue weighted by Gasteiger charge is 2.12. The molecule has 0 saturated heterocycles. The van der Waals surface area contributed by atoms with Crippen LogP contribution in [0.2, 0.25) is 0 Å². The van der Waals surface area contributed by atoms with E-state index in [-0.39, 0.29) is 12.1 Å². The Morgan fingerprint density at radius 1 is 1.23 bits per heavy atom. The van der Waals surface area contributed by atoms with Crippen molar-refractivity contribution in [1.29, 1.82) is 0 Å². The standard InChI is InChI=1S/C17H23N3O2/c1-12(2)22-15-6-4-5-14(9-15)17(21)11-20-13(3)16-10-18-7-8-19-16/h4-10,12-13,17,20-21H,11H2,1-3H3. The fourth-order valence-electron chi connectivity index (χ4n) is 2.11. The Balaban J connectivity index is 1.93. The van der Waals surface area contributed by atoms with E-state index in [9.17, 15) is 5.11 Å². The van der Waals surface area contributed by atoms with Crippen molar-refractivity contribution in [2.75, 3.05) is 6.54 Å². The van der Waals surface area contributed by atoms with Gasteiger partial charge < -0.3 is 15.2 Å². The highest BCUT2D eigenvalue weighted by Crippen LogP contribution is 2.20. The number of aromatic nitrogens is 2. The molecule has 2 N–H and O–H groups in total. The Morgan fingerprint density at radius 2 is 2.05 bits per heavy atom.